The number of rotatable bonds is 18. The van der Waals surface area contributed by atoms with Gasteiger partial charge in [-0.3, -0.25) is 52.7 Å². The molecule has 94 heavy (non-hydrogen) atoms. The zero-order valence-electron chi connectivity index (χ0n) is 62.1. The molecule has 25 nitrogen and oxygen atoms in total. The molecule has 0 unspecified atom stereocenters. The number of allylic oxidation sites excluding steroid dienone is 2. The first kappa shape index (κ1) is 83.9. The predicted molar refractivity (Wildman–Crippen MR) is 366 cm³/mol. The fourth-order valence-corrected chi connectivity index (χ4v) is 12.7. The Balaban J connectivity index is 3.04. The van der Waals surface area contributed by atoms with E-state index in [9.17, 15) is 29.1 Å². The van der Waals surface area contributed by atoms with Gasteiger partial charge in [-0.15, -0.1) is 0 Å². The number of likely N-dealkylation sites (N-methyl/N-ethyl adjacent to an activating group) is 8. The number of carbonyl (C=O) groups is 11. The third kappa shape index (κ3) is 22.7. The first-order valence-electron chi connectivity index (χ1n) is 34.5. The maximum atomic E-state index is 15.3. The molecule has 2 fully saturated rings. The monoisotopic (exact) mass is 1330 g/mol. The molecule has 2 aliphatic heterocycles. The lowest BCUT2D eigenvalue weighted by atomic mass is 9.91. The lowest BCUT2D eigenvalue weighted by Crippen LogP contribution is -2.64. The molecule has 0 aromatic heterocycles. The molecule has 14 atom stereocenters. The number of aliphatic hydroxyl groups is 1. The lowest BCUT2D eigenvalue weighted by molar-refractivity contribution is -0.157. The number of hydrogen-bond donors (Lipinski definition) is 5. The number of aliphatic hydroxyl groups excluding tert-OH is 1. The Bertz CT molecular complexity index is 2570. The van der Waals surface area contributed by atoms with Crippen LogP contribution in [0.25, 0.3) is 0 Å². The van der Waals surface area contributed by atoms with E-state index in [0.717, 1.165) is 37.6 Å². The number of hydrogen-bond acceptors (Lipinski definition) is 14. The van der Waals surface area contributed by atoms with Crippen LogP contribution < -0.4 is 21.3 Å². The Labute approximate surface area is 563 Å². The van der Waals surface area contributed by atoms with Gasteiger partial charge in [-0.2, -0.15) is 0 Å². The number of piperazine rings is 1. The van der Waals surface area contributed by atoms with Crippen LogP contribution in [0.5, 0.6) is 0 Å². The van der Waals surface area contributed by atoms with Gasteiger partial charge in [-0.25, -0.2) is 0 Å². The molecular formula is C69H125N13O12. The number of nitrogens with zero attached hydrogens (tertiary/aromatic N) is 9. The Morgan fingerprint density at radius 3 is 1.38 bits per heavy atom. The van der Waals surface area contributed by atoms with E-state index < -0.39 is 161 Å². The fraction of sp³-hybridized carbons (Fsp3) is 0.812. The highest BCUT2D eigenvalue weighted by Crippen LogP contribution is 2.27. The van der Waals surface area contributed by atoms with E-state index in [1.165, 1.54) is 99.5 Å². The molecule has 0 radical (unpaired) electrons. The summed E-state index contributed by atoms with van der Waals surface area (Å²) in [4.78, 5) is 177. The van der Waals surface area contributed by atoms with Crippen LogP contribution in [0.2, 0.25) is 0 Å². The van der Waals surface area contributed by atoms with Crippen molar-refractivity contribution in [2.75, 3.05) is 88.6 Å². The standard InChI is InChI=1S/C69H125N13O12/c1-26-29-30-46(15)58(83)57-62(87)72-50(27-2)65(90)74(19)49(18)64(89)79(24)56(45(14)31-32-82-35-33-81(28-3)34-36-82)61(86)73-54(43(10)11)68(93)75(20)51(37-40(4)5)60(85)70-47(16)59(84)71-48(17)63(88)76(21)52(38-41(6)7)66(91)77(22)53(39-42(8)9)67(92)78(23)55(44(12)13)69(94)80(57)25/h26,29,40-58,83H,27-28,30-39H2,1-25H3,(H,70,85)(H,71,84)(H,72,87)(H,73,86)/b29-26+/t45-,46-,47+,48-,49-,50+,51+,52+,53+,54+,55+,56+,57+,58-/m1/s1. The summed E-state index contributed by atoms with van der Waals surface area (Å²) in [6.07, 6.45) is 3.33. The van der Waals surface area contributed by atoms with Gasteiger partial charge in [0.2, 0.25) is 65.0 Å². The summed E-state index contributed by atoms with van der Waals surface area (Å²) in [7, 11) is 10.1. The lowest BCUT2D eigenvalue weighted by Gasteiger charge is -2.41. The van der Waals surface area contributed by atoms with Gasteiger partial charge in [-0.05, 0) is 121 Å². The summed E-state index contributed by atoms with van der Waals surface area (Å²) in [6, 6.07) is -13.7. The van der Waals surface area contributed by atoms with Gasteiger partial charge in [0.05, 0.1) is 6.10 Å². The second-order valence-corrected chi connectivity index (χ2v) is 28.8. The second-order valence-electron chi connectivity index (χ2n) is 28.8. The molecule has 2 aliphatic rings. The SMILES string of the molecule is C/C=C/C[C@@H](C)[C@@H](O)[C@H]1C(=O)N[C@@H](CC)C(=O)N(C)[C@H](C)C(=O)N(C)[C@@H]([C@H](C)CCN2CCN(CC)CC2)C(=O)N[C@@H](C(C)C)C(=O)N(C)[C@@H](CC(C)C)C(=O)N[C@@H](C)C(=O)N[C@H](C)C(=O)N(C)[C@@H](CC(C)C)C(=O)N(C)[C@@H](CC(C)C)C(=O)N(C)[C@@H](C(C)C)C(=O)N1C. The van der Waals surface area contributed by atoms with Crippen LogP contribution >= 0.6 is 0 Å². The molecule has 2 saturated heterocycles. The highest BCUT2D eigenvalue weighted by Gasteiger charge is 2.46. The van der Waals surface area contributed by atoms with Crippen molar-refractivity contribution < 1.29 is 57.8 Å². The predicted octanol–water partition coefficient (Wildman–Crippen LogP) is 3.28. The minimum Gasteiger partial charge on any atom is -0.390 e. The summed E-state index contributed by atoms with van der Waals surface area (Å²) in [6.45, 7) is 36.7. The minimum absolute atomic E-state index is 0.0119. The topological polar surface area (TPSA) is 285 Å². The minimum atomic E-state index is -1.63. The Hall–Kier alpha value is -6.21. The van der Waals surface area contributed by atoms with Crippen molar-refractivity contribution in [3.63, 3.8) is 0 Å². The molecular weight excluding hydrogens is 1200 g/mol. The van der Waals surface area contributed by atoms with E-state index in [1.807, 2.05) is 61.5 Å². The van der Waals surface area contributed by atoms with E-state index in [1.54, 1.807) is 47.6 Å². The van der Waals surface area contributed by atoms with Crippen LogP contribution in [0.15, 0.2) is 12.2 Å². The van der Waals surface area contributed by atoms with Gasteiger partial charge in [0, 0.05) is 75.5 Å². The third-order valence-electron chi connectivity index (χ3n) is 19.1. The van der Waals surface area contributed by atoms with E-state index >= 15 is 28.8 Å². The van der Waals surface area contributed by atoms with Crippen LogP contribution in [-0.4, -0.2) is 275 Å². The van der Waals surface area contributed by atoms with Crippen molar-refractivity contribution in [2.45, 2.75) is 236 Å². The average molecular weight is 1330 g/mol. The maximum absolute atomic E-state index is 15.3. The quantitative estimate of drug-likeness (QED) is 0.123. The molecule has 0 bridgehead atoms. The van der Waals surface area contributed by atoms with Crippen LogP contribution in [0.1, 0.15) is 163 Å². The van der Waals surface area contributed by atoms with Gasteiger partial charge >= 0.3 is 0 Å². The van der Waals surface area contributed by atoms with Gasteiger partial charge in [0.1, 0.15) is 66.5 Å². The Kier molecular flexibility index (Phi) is 34.4. The van der Waals surface area contributed by atoms with E-state index in [-0.39, 0.29) is 43.4 Å². The molecule has 0 aromatic rings. The Morgan fingerprint density at radius 1 is 0.457 bits per heavy atom. The molecule has 11 amide bonds. The zero-order valence-corrected chi connectivity index (χ0v) is 62.1. The van der Waals surface area contributed by atoms with Gasteiger partial charge in [0.15, 0.2) is 0 Å². The summed E-state index contributed by atoms with van der Waals surface area (Å²) in [5.74, 6) is -10.1. The maximum Gasteiger partial charge on any atom is 0.246 e. The van der Waals surface area contributed by atoms with Crippen LogP contribution in [0.4, 0.5) is 0 Å². The first-order chi connectivity index (χ1) is 43.6. The van der Waals surface area contributed by atoms with Crippen LogP contribution in [0, 0.1) is 41.4 Å². The van der Waals surface area contributed by atoms with Gasteiger partial charge in [0.25, 0.3) is 0 Å². The van der Waals surface area contributed by atoms with Crippen molar-refractivity contribution in [1.29, 1.82) is 0 Å². The van der Waals surface area contributed by atoms with Crippen molar-refractivity contribution in [1.82, 2.24) is 65.4 Å². The number of carbonyl (C=O) groups excluding carboxylic acids is 11. The van der Waals surface area contributed by atoms with Crippen molar-refractivity contribution in [3.05, 3.63) is 12.2 Å². The van der Waals surface area contributed by atoms with E-state index in [4.69, 9.17) is 0 Å². The molecule has 5 N–H and O–H groups in total. The zero-order chi connectivity index (χ0) is 72.2. The summed E-state index contributed by atoms with van der Waals surface area (Å²) >= 11 is 0. The fourth-order valence-electron chi connectivity index (χ4n) is 12.7. The smallest absolute Gasteiger partial charge is 0.246 e. The van der Waals surface area contributed by atoms with Crippen molar-refractivity contribution in [3.8, 4) is 0 Å². The van der Waals surface area contributed by atoms with Gasteiger partial charge < -0.3 is 70.5 Å². The Morgan fingerprint density at radius 2 is 0.904 bits per heavy atom. The van der Waals surface area contributed by atoms with Crippen molar-refractivity contribution in [2.24, 2.45) is 41.4 Å². The average Bonchev–Trinajstić information content (AvgIpc) is 0.812. The molecule has 2 rings (SSSR count). The number of amides is 11. The summed E-state index contributed by atoms with van der Waals surface area (Å²) in [5.41, 5.74) is 0. The highest BCUT2D eigenvalue weighted by atomic mass is 16.3. The van der Waals surface area contributed by atoms with Crippen LogP contribution in [-0.2, 0) is 52.7 Å². The van der Waals surface area contributed by atoms with E-state index in [2.05, 4.69) is 38.0 Å². The molecule has 2 heterocycles. The number of nitrogens with one attached hydrogen (secondary N) is 4. The van der Waals surface area contributed by atoms with E-state index in [0.29, 0.717) is 19.4 Å². The molecule has 0 aromatic carbocycles. The molecule has 0 aliphatic carbocycles. The largest absolute Gasteiger partial charge is 0.390 e. The summed E-state index contributed by atoms with van der Waals surface area (Å²) in [5, 5.41) is 23.5. The molecule has 25 heteroatoms. The van der Waals surface area contributed by atoms with Gasteiger partial charge in [-0.1, -0.05) is 109 Å². The second kappa shape index (κ2) is 38.5. The summed E-state index contributed by atoms with van der Waals surface area (Å²) < 4.78 is 0. The van der Waals surface area contributed by atoms with Crippen LogP contribution in [0.3, 0.4) is 0 Å². The molecule has 0 saturated carbocycles. The normalized spacial score (nSPS) is 28.0. The highest BCUT2D eigenvalue weighted by molar-refractivity contribution is 6.00. The molecule has 0 spiro atoms. The van der Waals surface area contributed by atoms with Crippen molar-refractivity contribution >= 4 is 65.0 Å². The third-order valence-corrected chi connectivity index (χ3v) is 19.1. The first-order valence-corrected chi connectivity index (χ1v) is 34.5. The molecule has 538 valence electrons.